The predicted molar refractivity (Wildman–Crippen MR) is 75.8 cm³/mol. The Hall–Kier alpha value is -0.780. The Morgan fingerprint density at radius 2 is 1.59 bits per heavy atom. The Balaban J connectivity index is 2.46. The first kappa shape index (κ1) is 12.7. The fourth-order valence-electron chi connectivity index (χ4n) is 2.98. The lowest BCUT2D eigenvalue weighted by molar-refractivity contribution is 0.586. The zero-order valence-corrected chi connectivity index (χ0v) is 12.1. The summed E-state index contributed by atoms with van der Waals surface area (Å²) in [5.74, 6) is 0.830. The van der Waals surface area contributed by atoms with Crippen molar-refractivity contribution in [1.29, 1.82) is 0 Å². The van der Waals surface area contributed by atoms with E-state index in [-0.39, 0.29) is 5.41 Å². The van der Waals surface area contributed by atoms with Gasteiger partial charge >= 0.3 is 0 Å². The molecule has 0 aliphatic heterocycles. The van der Waals surface area contributed by atoms with Crippen LogP contribution in [0.4, 0.5) is 0 Å². The molecule has 1 saturated carbocycles. The van der Waals surface area contributed by atoms with Crippen LogP contribution in [0.25, 0.3) is 0 Å². The Bertz CT molecular complexity index is 401. The Kier molecular flexibility index (Phi) is 3.34. The van der Waals surface area contributed by atoms with Crippen LogP contribution in [0.15, 0.2) is 12.1 Å². The summed E-state index contributed by atoms with van der Waals surface area (Å²) >= 11 is 0. The molecule has 0 spiro atoms. The van der Waals surface area contributed by atoms with Gasteiger partial charge in [0.1, 0.15) is 0 Å². The molecule has 0 saturated heterocycles. The minimum Gasteiger partial charge on any atom is -0.0561 e. The quantitative estimate of drug-likeness (QED) is 0.617. The van der Waals surface area contributed by atoms with Crippen molar-refractivity contribution < 1.29 is 0 Å². The molecular weight excluding hydrogens is 204 g/mol. The molecule has 0 nitrogen and oxygen atoms in total. The molecule has 1 aromatic rings. The third kappa shape index (κ3) is 2.56. The summed E-state index contributed by atoms with van der Waals surface area (Å²) in [4.78, 5) is 0. The third-order valence-corrected chi connectivity index (χ3v) is 4.37. The highest BCUT2D eigenvalue weighted by Crippen LogP contribution is 2.38. The van der Waals surface area contributed by atoms with Crippen LogP contribution >= 0.6 is 0 Å². The normalized spacial score (nSPS) is 17.7. The van der Waals surface area contributed by atoms with Gasteiger partial charge in [-0.2, -0.15) is 0 Å². The van der Waals surface area contributed by atoms with Crippen LogP contribution in [0.1, 0.15) is 74.6 Å². The van der Waals surface area contributed by atoms with Gasteiger partial charge < -0.3 is 0 Å². The summed E-state index contributed by atoms with van der Waals surface area (Å²) in [6, 6.07) is 4.87. The number of benzene rings is 1. The summed E-state index contributed by atoms with van der Waals surface area (Å²) in [5.41, 5.74) is 6.41. The second kappa shape index (κ2) is 4.48. The smallest absolute Gasteiger partial charge is 0.0132 e. The van der Waals surface area contributed by atoms with Gasteiger partial charge in [0.25, 0.3) is 0 Å². The fraction of sp³-hybridized carbons (Fsp3) is 0.647. The molecule has 0 amide bonds. The molecule has 0 heterocycles. The average molecular weight is 230 g/mol. The molecule has 0 atom stereocenters. The number of aryl methyl sites for hydroxylation is 1. The van der Waals surface area contributed by atoms with Crippen molar-refractivity contribution in [2.45, 2.75) is 71.6 Å². The van der Waals surface area contributed by atoms with Crippen LogP contribution in [-0.4, -0.2) is 0 Å². The first-order valence-electron chi connectivity index (χ1n) is 7.01. The summed E-state index contributed by atoms with van der Waals surface area (Å²) in [7, 11) is 0. The predicted octanol–water partition coefficient (Wildman–Crippen LogP) is 5.26. The van der Waals surface area contributed by atoms with Crippen LogP contribution in [0.2, 0.25) is 0 Å². The second-order valence-electron chi connectivity index (χ2n) is 6.74. The van der Waals surface area contributed by atoms with E-state index in [0.717, 1.165) is 5.92 Å². The molecule has 1 fully saturated rings. The minimum absolute atomic E-state index is 0.270. The van der Waals surface area contributed by atoms with Gasteiger partial charge in [-0.05, 0) is 60.3 Å². The molecule has 0 bridgehead atoms. The van der Waals surface area contributed by atoms with E-state index in [9.17, 15) is 0 Å². The van der Waals surface area contributed by atoms with E-state index in [1.807, 2.05) is 0 Å². The van der Waals surface area contributed by atoms with Gasteiger partial charge in [0.15, 0.2) is 0 Å². The molecule has 0 unspecified atom stereocenters. The van der Waals surface area contributed by atoms with Gasteiger partial charge in [-0.25, -0.2) is 0 Å². The van der Waals surface area contributed by atoms with E-state index in [1.54, 1.807) is 5.56 Å². The van der Waals surface area contributed by atoms with Crippen molar-refractivity contribution in [2.75, 3.05) is 0 Å². The van der Waals surface area contributed by atoms with Crippen molar-refractivity contribution in [2.24, 2.45) is 0 Å². The highest BCUT2D eigenvalue weighted by Gasteiger charge is 2.22. The van der Waals surface area contributed by atoms with Crippen LogP contribution in [0.5, 0.6) is 0 Å². The summed E-state index contributed by atoms with van der Waals surface area (Å²) in [5, 5.41) is 0. The van der Waals surface area contributed by atoms with Crippen molar-refractivity contribution in [3.8, 4) is 0 Å². The lowest BCUT2D eigenvalue weighted by Gasteiger charge is -2.24. The molecule has 1 aliphatic rings. The lowest BCUT2D eigenvalue weighted by atomic mass is 9.81. The molecule has 1 aromatic carbocycles. The van der Waals surface area contributed by atoms with Gasteiger partial charge in [0, 0.05) is 0 Å². The highest BCUT2D eigenvalue weighted by atomic mass is 14.3. The SMILES string of the molecule is Cc1cc(C(C)(C)C)cc(C2CCCC2)c1C. The van der Waals surface area contributed by atoms with E-state index in [4.69, 9.17) is 0 Å². The lowest BCUT2D eigenvalue weighted by Crippen LogP contribution is -2.13. The molecule has 0 aromatic heterocycles. The van der Waals surface area contributed by atoms with Crippen molar-refractivity contribution in [3.05, 3.63) is 34.4 Å². The number of rotatable bonds is 1. The molecular formula is C17H26. The van der Waals surface area contributed by atoms with Crippen molar-refractivity contribution in [3.63, 3.8) is 0 Å². The minimum atomic E-state index is 0.270. The van der Waals surface area contributed by atoms with Crippen LogP contribution in [-0.2, 0) is 5.41 Å². The third-order valence-electron chi connectivity index (χ3n) is 4.37. The first-order chi connectivity index (χ1) is 7.89. The zero-order valence-electron chi connectivity index (χ0n) is 12.1. The van der Waals surface area contributed by atoms with Crippen molar-refractivity contribution in [1.82, 2.24) is 0 Å². The highest BCUT2D eigenvalue weighted by molar-refractivity contribution is 5.42. The van der Waals surface area contributed by atoms with Gasteiger partial charge in [0.05, 0.1) is 0 Å². The molecule has 17 heavy (non-hydrogen) atoms. The summed E-state index contributed by atoms with van der Waals surface area (Å²) < 4.78 is 0. The van der Waals surface area contributed by atoms with E-state index >= 15 is 0 Å². The molecule has 1 aliphatic carbocycles. The molecule has 0 N–H and O–H groups in total. The molecule has 0 heteroatoms. The number of hydrogen-bond acceptors (Lipinski definition) is 0. The van der Waals surface area contributed by atoms with E-state index in [1.165, 1.54) is 42.4 Å². The Labute approximate surface area is 106 Å². The average Bonchev–Trinajstić information content (AvgIpc) is 2.73. The van der Waals surface area contributed by atoms with E-state index in [2.05, 4.69) is 46.8 Å². The summed E-state index contributed by atoms with van der Waals surface area (Å²) in [6.07, 6.45) is 5.63. The Morgan fingerprint density at radius 3 is 2.12 bits per heavy atom. The number of hydrogen-bond donors (Lipinski definition) is 0. The zero-order chi connectivity index (χ0) is 12.6. The van der Waals surface area contributed by atoms with E-state index < -0.39 is 0 Å². The largest absolute Gasteiger partial charge is 0.0561 e. The second-order valence-corrected chi connectivity index (χ2v) is 6.74. The maximum Gasteiger partial charge on any atom is -0.0132 e. The fourth-order valence-corrected chi connectivity index (χ4v) is 2.98. The van der Waals surface area contributed by atoms with Crippen LogP contribution < -0.4 is 0 Å². The maximum absolute atomic E-state index is 2.48. The standard InChI is InChI=1S/C17H26/c1-12-10-15(17(3,4)5)11-16(13(12)2)14-8-6-7-9-14/h10-11,14H,6-9H2,1-5H3. The maximum atomic E-state index is 2.48. The van der Waals surface area contributed by atoms with E-state index in [0.29, 0.717) is 0 Å². The van der Waals surface area contributed by atoms with Gasteiger partial charge in [-0.3, -0.25) is 0 Å². The van der Waals surface area contributed by atoms with Crippen LogP contribution in [0, 0.1) is 13.8 Å². The van der Waals surface area contributed by atoms with Crippen molar-refractivity contribution >= 4 is 0 Å². The molecule has 2 rings (SSSR count). The molecule has 94 valence electrons. The molecule has 0 radical (unpaired) electrons. The van der Waals surface area contributed by atoms with Gasteiger partial charge in [-0.15, -0.1) is 0 Å². The summed E-state index contributed by atoms with van der Waals surface area (Å²) in [6.45, 7) is 11.5. The van der Waals surface area contributed by atoms with Crippen LogP contribution in [0.3, 0.4) is 0 Å². The monoisotopic (exact) mass is 230 g/mol. The topological polar surface area (TPSA) is 0 Å². The first-order valence-corrected chi connectivity index (χ1v) is 7.01. The Morgan fingerprint density at radius 1 is 1.00 bits per heavy atom. The van der Waals surface area contributed by atoms with Gasteiger partial charge in [0.2, 0.25) is 0 Å². The van der Waals surface area contributed by atoms with Gasteiger partial charge in [-0.1, -0.05) is 45.7 Å².